The fourth-order valence-corrected chi connectivity index (χ4v) is 7.48. The Balaban J connectivity index is 1.07. The number of nitrogens with zero attached hydrogens (tertiary/aromatic N) is 2. The molecule has 0 aromatic heterocycles. The molecule has 0 saturated carbocycles. The number of benzene rings is 7. The lowest BCUT2D eigenvalue weighted by Crippen LogP contribution is -2.10. The van der Waals surface area contributed by atoms with Crippen LogP contribution in [0.25, 0.3) is 24.3 Å². The largest absolute Gasteiger partial charge is 0.494 e. The summed E-state index contributed by atoms with van der Waals surface area (Å²) in [7, 11) is 0. The second-order valence-corrected chi connectivity index (χ2v) is 15.8. The smallest absolute Gasteiger partial charge is 0.120 e. The van der Waals surface area contributed by atoms with Crippen LogP contribution in [0.15, 0.2) is 183 Å². The SMILES string of the molecule is C=COC(C)c1ccc(N(c2ccc(C=Cc3cccc(C=Cc4ccc(N(c5ccc(C(C)OC=C)cc5)c5ccc(C)c(C)c5)cc4)c3)cc2)c2ccc(C)c(C)c2)cc1. The van der Waals surface area contributed by atoms with Gasteiger partial charge in [0.05, 0.1) is 12.5 Å². The van der Waals surface area contributed by atoms with Crippen molar-refractivity contribution in [2.45, 2.75) is 53.8 Å². The molecule has 7 rings (SSSR count). The van der Waals surface area contributed by atoms with Crippen molar-refractivity contribution in [1.82, 2.24) is 0 Å². The average molecular weight is 813 g/mol. The molecule has 0 amide bonds. The number of hydrogen-bond acceptors (Lipinski definition) is 4. The number of rotatable bonds is 16. The van der Waals surface area contributed by atoms with Crippen LogP contribution in [0, 0.1) is 27.7 Å². The quantitative estimate of drug-likeness (QED) is 0.0717. The van der Waals surface area contributed by atoms with Crippen molar-refractivity contribution >= 4 is 58.4 Å². The van der Waals surface area contributed by atoms with Gasteiger partial charge in [-0.2, -0.15) is 0 Å². The summed E-state index contributed by atoms with van der Waals surface area (Å²) < 4.78 is 11.2. The fraction of sp³-hybridized carbons (Fsp3) is 0.138. The highest BCUT2D eigenvalue weighted by Crippen LogP contribution is 2.38. The van der Waals surface area contributed by atoms with Crippen LogP contribution < -0.4 is 9.80 Å². The lowest BCUT2D eigenvalue weighted by atomic mass is 10.0. The highest BCUT2D eigenvalue weighted by Gasteiger charge is 2.16. The van der Waals surface area contributed by atoms with Gasteiger partial charge in [-0.05, 0) is 176 Å². The molecule has 2 unspecified atom stereocenters. The molecular formula is C58H56N2O2. The molecule has 62 heavy (non-hydrogen) atoms. The van der Waals surface area contributed by atoms with Crippen molar-refractivity contribution in [1.29, 1.82) is 0 Å². The van der Waals surface area contributed by atoms with Crippen molar-refractivity contribution in [2.24, 2.45) is 0 Å². The van der Waals surface area contributed by atoms with Crippen molar-refractivity contribution in [2.75, 3.05) is 9.80 Å². The third-order valence-corrected chi connectivity index (χ3v) is 11.5. The van der Waals surface area contributed by atoms with Crippen LogP contribution in [0.5, 0.6) is 0 Å². The number of hydrogen-bond donors (Lipinski definition) is 0. The normalized spacial score (nSPS) is 12.2. The minimum Gasteiger partial charge on any atom is -0.494 e. The van der Waals surface area contributed by atoms with E-state index in [9.17, 15) is 0 Å². The van der Waals surface area contributed by atoms with Crippen LogP contribution in [0.2, 0.25) is 0 Å². The van der Waals surface area contributed by atoms with E-state index in [1.165, 1.54) is 34.8 Å². The molecule has 4 heteroatoms. The number of anilines is 6. The molecule has 0 heterocycles. The summed E-state index contributed by atoms with van der Waals surface area (Å²) in [5.41, 5.74) is 18.4. The van der Waals surface area contributed by atoms with Crippen LogP contribution in [0.3, 0.4) is 0 Å². The maximum Gasteiger partial charge on any atom is 0.120 e. The zero-order valence-electron chi connectivity index (χ0n) is 36.8. The molecule has 310 valence electrons. The van der Waals surface area contributed by atoms with Crippen LogP contribution in [-0.4, -0.2) is 0 Å². The summed E-state index contributed by atoms with van der Waals surface area (Å²) in [6.07, 6.45) is 11.6. The highest BCUT2D eigenvalue weighted by atomic mass is 16.5. The maximum absolute atomic E-state index is 5.62. The summed E-state index contributed by atoms with van der Waals surface area (Å²) in [6, 6.07) is 56.5. The Morgan fingerprint density at radius 1 is 0.371 bits per heavy atom. The first-order chi connectivity index (χ1) is 30.1. The Morgan fingerprint density at radius 2 is 0.694 bits per heavy atom. The minimum absolute atomic E-state index is 0.0627. The van der Waals surface area contributed by atoms with E-state index in [1.807, 2.05) is 13.8 Å². The molecule has 0 saturated heterocycles. The molecule has 0 aliphatic rings. The Labute approximate surface area is 369 Å². The first-order valence-electron chi connectivity index (χ1n) is 21.2. The molecule has 7 aromatic carbocycles. The average Bonchev–Trinajstić information content (AvgIpc) is 3.29. The second kappa shape index (κ2) is 19.8. The highest BCUT2D eigenvalue weighted by molar-refractivity contribution is 5.81. The third kappa shape index (κ3) is 10.3. The predicted octanol–water partition coefficient (Wildman–Crippen LogP) is 16.6. The molecule has 7 aromatic rings. The summed E-state index contributed by atoms with van der Waals surface area (Å²) in [6.45, 7) is 20.1. The first-order valence-corrected chi connectivity index (χ1v) is 21.2. The summed E-state index contributed by atoms with van der Waals surface area (Å²) in [5, 5.41) is 0. The van der Waals surface area contributed by atoms with E-state index in [-0.39, 0.29) is 12.2 Å². The van der Waals surface area contributed by atoms with Gasteiger partial charge in [0.25, 0.3) is 0 Å². The summed E-state index contributed by atoms with van der Waals surface area (Å²) >= 11 is 0. The van der Waals surface area contributed by atoms with Gasteiger partial charge in [-0.25, -0.2) is 0 Å². The lowest BCUT2D eigenvalue weighted by molar-refractivity contribution is 0.165. The monoisotopic (exact) mass is 812 g/mol. The molecule has 4 nitrogen and oxygen atoms in total. The molecule has 0 spiro atoms. The minimum atomic E-state index is -0.0627. The standard InChI is InChI=1S/C58H56N2O2/c1-9-61-45(7)51-24-34-55(35-25-51)59(57-28-14-41(3)43(5)38-57)53-30-20-47(21-31-53)16-18-49-12-11-13-50(40-49)19-17-48-22-32-54(33-23-48)60(58-29-15-42(4)44(6)39-58)56-36-26-52(27-37-56)46(8)62-10-2/h9-40,45-46H,1-2H2,3-8H3. The van der Waals surface area contributed by atoms with Crippen molar-refractivity contribution < 1.29 is 9.47 Å². The van der Waals surface area contributed by atoms with Gasteiger partial charge in [0.1, 0.15) is 12.2 Å². The molecule has 0 aliphatic carbocycles. The summed E-state index contributed by atoms with van der Waals surface area (Å²) in [4.78, 5) is 4.60. The first kappa shape index (κ1) is 42.8. The van der Waals surface area contributed by atoms with Gasteiger partial charge < -0.3 is 19.3 Å². The third-order valence-electron chi connectivity index (χ3n) is 11.5. The van der Waals surface area contributed by atoms with Gasteiger partial charge in [0.2, 0.25) is 0 Å². The summed E-state index contributed by atoms with van der Waals surface area (Å²) in [5.74, 6) is 0. The zero-order chi connectivity index (χ0) is 43.6. The van der Waals surface area contributed by atoms with Gasteiger partial charge in [-0.15, -0.1) is 0 Å². The van der Waals surface area contributed by atoms with E-state index in [0.29, 0.717) is 0 Å². The second-order valence-electron chi connectivity index (χ2n) is 15.8. The van der Waals surface area contributed by atoms with E-state index in [2.05, 4.69) is 233 Å². The van der Waals surface area contributed by atoms with E-state index in [1.54, 1.807) is 0 Å². The molecule has 0 aliphatic heterocycles. The van der Waals surface area contributed by atoms with Crippen molar-refractivity contribution in [3.8, 4) is 0 Å². The van der Waals surface area contributed by atoms with Gasteiger partial charge in [0, 0.05) is 34.1 Å². The predicted molar refractivity (Wildman–Crippen MR) is 265 cm³/mol. The molecule has 0 bridgehead atoms. The Morgan fingerprint density at radius 3 is 1.03 bits per heavy atom. The van der Waals surface area contributed by atoms with E-state index < -0.39 is 0 Å². The van der Waals surface area contributed by atoms with Crippen molar-refractivity contribution in [3.63, 3.8) is 0 Å². The maximum atomic E-state index is 5.62. The molecule has 0 radical (unpaired) electrons. The Hall–Kier alpha value is -7.30. The molecule has 2 atom stereocenters. The van der Waals surface area contributed by atoms with Crippen LogP contribution in [0.4, 0.5) is 34.1 Å². The molecular weight excluding hydrogens is 757 g/mol. The Kier molecular flexibility index (Phi) is 13.7. The van der Waals surface area contributed by atoms with Gasteiger partial charge in [0.15, 0.2) is 0 Å². The van der Waals surface area contributed by atoms with Crippen LogP contribution >= 0.6 is 0 Å². The van der Waals surface area contributed by atoms with E-state index >= 15 is 0 Å². The fourth-order valence-electron chi connectivity index (χ4n) is 7.48. The molecule has 0 N–H and O–H groups in total. The van der Waals surface area contributed by atoms with Gasteiger partial charge >= 0.3 is 0 Å². The van der Waals surface area contributed by atoms with E-state index in [4.69, 9.17) is 9.47 Å². The number of aryl methyl sites for hydroxylation is 4. The van der Waals surface area contributed by atoms with Gasteiger partial charge in [-0.1, -0.05) is 116 Å². The zero-order valence-corrected chi connectivity index (χ0v) is 36.8. The molecule has 0 fully saturated rings. The topological polar surface area (TPSA) is 24.9 Å². The van der Waals surface area contributed by atoms with Crippen LogP contribution in [-0.2, 0) is 9.47 Å². The van der Waals surface area contributed by atoms with Crippen LogP contribution in [0.1, 0.15) is 81.7 Å². The van der Waals surface area contributed by atoms with Gasteiger partial charge in [-0.3, -0.25) is 0 Å². The van der Waals surface area contributed by atoms with E-state index in [0.717, 1.165) is 67.5 Å². The number of ether oxygens (including phenoxy) is 2. The lowest BCUT2D eigenvalue weighted by Gasteiger charge is -2.26. The Bertz CT molecular complexity index is 2490. The van der Waals surface area contributed by atoms with Crippen molar-refractivity contribution in [3.05, 3.63) is 239 Å².